The number of carbonyl (C=O) groups is 1. The molecule has 0 fully saturated rings. The summed E-state index contributed by atoms with van der Waals surface area (Å²) >= 11 is 3.23. The first-order valence-electron chi connectivity index (χ1n) is 6.51. The van der Waals surface area contributed by atoms with Crippen LogP contribution in [0.1, 0.15) is 36.7 Å². The van der Waals surface area contributed by atoms with Crippen LogP contribution in [0.5, 0.6) is 0 Å². The fourth-order valence-corrected chi connectivity index (χ4v) is 3.99. The molecule has 0 radical (unpaired) electrons. The molecule has 1 atom stereocenters. The third kappa shape index (κ3) is 3.64. The molecule has 0 aromatic heterocycles. The number of nitrogens with zero attached hydrogens (tertiary/aromatic N) is 1. The molecule has 0 amide bonds. The Hall–Kier alpha value is -0.920. The second-order valence-electron chi connectivity index (χ2n) is 5.39. The number of hydrogen-bond donors (Lipinski definition) is 1. The Morgan fingerprint density at radius 1 is 1.29 bits per heavy atom. The second-order valence-corrected chi connectivity index (χ2v) is 8.24. The molecule has 0 spiro atoms. The molecule has 5 nitrogen and oxygen atoms in total. The lowest BCUT2D eigenvalue weighted by atomic mass is 10.1. The smallest absolute Gasteiger partial charge is 0.336 e. The molecular weight excluding hydrogens is 358 g/mol. The zero-order valence-electron chi connectivity index (χ0n) is 12.7. The van der Waals surface area contributed by atoms with Crippen LogP contribution in [0.25, 0.3) is 0 Å². The molecule has 0 bridgehead atoms. The minimum absolute atomic E-state index is 0.0199. The van der Waals surface area contributed by atoms with Crippen molar-refractivity contribution >= 4 is 31.9 Å². The van der Waals surface area contributed by atoms with Gasteiger partial charge < -0.3 is 5.11 Å². The Kier molecular flexibility index (Phi) is 5.57. The van der Waals surface area contributed by atoms with Crippen LogP contribution in [0.4, 0.5) is 0 Å². The van der Waals surface area contributed by atoms with Gasteiger partial charge in [-0.3, -0.25) is 0 Å². The van der Waals surface area contributed by atoms with E-state index in [9.17, 15) is 18.3 Å². The second kappa shape index (κ2) is 6.46. The third-order valence-electron chi connectivity index (χ3n) is 3.76. The summed E-state index contributed by atoms with van der Waals surface area (Å²) in [5.41, 5.74) is 0.481. The van der Waals surface area contributed by atoms with Crippen LogP contribution in [0.2, 0.25) is 0 Å². The summed E-state index contributed by atoms with van der Waals surface area (Å²) < 4.78 is 27.0. The quantitative estimate of drug-likeness (QED) is 0.854. The first-order chi connectivity index (χ1) is 9.50. The van der Waals surface area contributed by atoms with Gasteiger partial charge in [0, 0.05) is 17.6 Å². The molecule has 0 aliphatic rings. The van der Waals surface area contributed by atoms with Crippen molar-refractivity contribution in [3.8, 4) is 0 Å². The van der Waals surface area contributed by atoms with E-state index >= 15 is 0 Å². The number of hydrogen-bond acceptors (Lipinski definition) is 3. The Morgan fingerprint density at radius 3 is 2.24 bits per heavy atom. The van der Waals surface area contributed by atoms with Crippen molar-refractivity contribution in [3.05, 3.63) is 27.7 Å². The van der Waals surface area contributed by atoms with E-state index in [0.29, 0.717) is 10.0 Å². The fourth-order valence-electron chi connectivity index (χ4n) is 1.83. The molecule has 1 N–H and O–H groups in total. The molecule has 118 valence electrons. The molecule has 7 heteroatoms. The largest absolute Gasteiger partial charge is 0.478 e. The maximum absolute atomic E-state index is 12.6. The van der Waals surface area contributed by atoms with Gasteiger partial charge >= 0.3 is 5.97 Å². The summed E-state index contributed by atoms with van der Waals surface area (Å²) in [5.74, 6) is -0.998. The highest BCUT2D eigenvalue weighted by molar-refractivity contribution is 9.10. The van der Waals surface area contributed by atoms with Crippen molar-refractivity contribution in [3.63, 3.8) is 0 Å². The first-order valence-corrected chi connectivity index (χ1v) is 8.75. The van der Waals surface area contributed by atoms with E-state index in [1.807, 2.05) is 20.8 Å². The van der Waals surface area contributed by atoms with Gasteiger partial charge in [-0.15, -0.1) is 0 Å². The molecule has 0 saturated heterocycles. The topological polar surface area (TPSA) is 74.7 Å². The van der Waals surface area contributed by atoms with E-state index < -0.39 is 16.0 Å². The molecule has 0 saturated carbocycles. The standard InChI is InChI=1S/C14H20BrNO4S/c1-8(2)10(4)16(5)21(19,20)11-6-12(14(17)18)9(3)13(15)7-11/h6-8,10H,1-5H3,(H,17,18). The van der Waals surface area contributed by atoms with Crippen molar-refractivity contribution in [2.24, 2.45) is 5.92 Å². The van der Waals surface area contributed by atoms with Crippen molar-refractivity contribution in [1.29, 1.82) is 0 Å². The first kappa shape index (κ1) is 18.1. The predicted octanol–water partition coefficient (Wildman–Crippen LogP) is 3.12. The number of carboxylic acid groups (broad SMARTS) is 1. The van der Waals surface area contributed by atoms with Crippen molar-refractivity contribution in [2.45, 2.75) is 38.6 Å². The van der Waals surface area contributed by atoms with E-state index in [1.54, 1.807) is 6.92 Å². The van der Waals surface area contributed by atoms with Gasteiger partial charge in [0.2, 0.25) is 10.0 Å². The van der Waals surface area contributed by atoms with Gasteiger partial charge in [0.1, 0.15) is 0 Å². The molecule has 0 aliphatic carbocycles. The summed E-state index contributed by atoms with van der Waals surface area (Å²) in [6.07, 6.45) is 0. The lowest BCUT2D eigenvalue weighted by molar-refractivity contribution is 0.0695. The number of rotatable bonds is 5. The summed E-state index contributed by atoms with van der Waals surface area (Å²) in [4.78, 5) is 11.2. The Labute approximate surface area is 134 Å². The summed E-state index contributed by atoms with van der Waals surface area (Å²) in [5, 5.41) is 9.19. The average molecular weight is 378 g/mol. The molecule has 1 aromatic carbocycles. The summed E-state index contributed by atoms with van der Waals surface area (Å²) in [6, 6.07) is 2.46. The molecule has 1 unspecified atom stereocenters. The molecular formula is C14H20BrNO4S. The molecule has 0 aliphatic heterocycles. The summed E-state index contributed by atoms with van der Waals surface area (Å²) in [7, 11) is -2.23. The van der Waals surface area contributed by atoms with E-state index in [4.69, 9.17) is 0 Å². The Bertz CT molecular complexity index is 655. The number of aromatic carboxylic acids is 1. The van der Waals surface area contributed by atoms with Crippen molar-refractivity contribution in [1.82, 2.24) is 4.31 Å². The van der Waals surface area contributed by atoms with Gasteiger partial charge in [-0.1, -0.05) is 29.8 Å². The van der Waals surface area contributed by atoms with Crippen LogP contribution in [-0.2, 0) is 10.0 Å². The SMILES string of the molecule is Cc1c(Br)cc(S(=O)(=O)N(C)C(C)C(C)C)cc1C(=O)O. The number of sulfonamides is 1. The Balaban J connectivity index is 3.43. The lowest BCUT2D eigenvalue weighted by Gasteiger charge is -2.27. The minimum Gasteiger partial charge on any atom is -0.478 e. The van der Waals surface area contributed by atoms with Crippen LogP contribution in [-0.4, -0.2) is 36.9 Å². The molecule has 0 heterocycles. The highest BCUT2D eigenvalue weighted by atomic mass is 79.9. The number of carboxylic acids is 1. The van der Waals surface area contributed by atoms with E-state index in [1.165, 1.54) is 23.5 Å². The Morgan fingerprint density at radius 2 is 1.81 bits per heavy atom. The van der Waals surface area contributed by atoms with Gasteiger partial charge in [-0.2, -0.15) is 4.31 Å². The van der Waals surface area contributed by atoms with Gasteiger partial charge in [-0.05, 0) is 37.5 Å². The van der Waals surface area contributed by atoms with Crippen LogP contribution in [0, 0.1) is 12.8 Å². The van der Waals surface area contributed by atoms with Crippen molar-refractivity contribution in [2.75, 3.05) is 7.05 Å². The van der Waals surface area contributed by atoms with E-state index in [2.05, 4.69) is 15.9 Å². The summed E-state index contributed by atoms with van der Waals surface area (Å²) in [6.45, 7) is 7.32. The van der Waals surface area contributed by atoms with E-state index in [0.717, 1.165) is 0 Å². The maximum atomic E-state index is 12.6. The third-order valence-corrected chi connectivity index (χ3v) is 6.51. The van der Waals surface area contributed by atoms with Gasteiger partial charge in [0.15, 0.2) is 0 Å². The highest BCUT2D eigenvalue weighted by Gasteiger charge is 2.28. The van der Waals surface area contributed by atoms with Gasteiger partial charge in [0.25, 0.3) is 0 Å². The van der Waals surface area contributed by atoms with E-state index in [-0.39, 0.29) is 22.4 Å². The maximum Gasteiger partial charge on any atom is 0.336 e. The fraction of sp³-hybridized carbons (Fsp3) is 0.500. The molecule has 1 rings (SSSR count). The number of halogens is 1. The number of benzene rings is 1. The predicted molar refractivity (Wildman–Crippen MR) is 85.1 cm³/mol. The van der Waals surface area contributed by atoms with Crippen LogP contribution in [0.3, 0.4) is 0 Å². The molecule has 1 aromatic rings. The zero-order chi connectivity index (χ0) is 16.5. The highest BCUT2D eigenvalue weighted by Crippen LogP contribution is 2.28. The molecule has 21 heavy (non-hydrogen) atoms. The monoisotopic (exact) mass is 377 g/mol. The normalized spacial score (nSPS) is 13.7. The zero-order valence-corrected chi connectivity index (χ0v) is 15.1. The van der Waals surface area contributed by atoms with Gasteiger partial charge in [-0.25, -0.2) is 13.2 Å². The van der Waals surface area contributed by atoms with Crippen LogP contribution < -0.4 is 0 Å². The minimum atomic E-state index is -3.74. The van der Waals surface area contributed by atoms with Crippen LogP contribution >= 0.6 is 15.9 Å². The van der Waals surface area contributed by atoms with Crippen molar-refractivity contribution < 1.29 is 18.3 Å². The van der Waals surface area contributed by atoms with Gasteiger partial charge in [0.05, 0.1) is 10.5 Å². The van der Waals surface area contributed by atoms with Crippen LogP contribution in [0.15, 0.2) is 21.5 Å². The lowest BCUT2D eigenvalue weighted by Crippen LogP contribution is -2.38. The average Bonchev–Trinajstić information content (AvgIpc) is 2.39.